The van der Waals surface area contributed by atoms with Gasteiger partial charge in [-0.05, 0) is 44.7 Å². The molecular weight excluding hydrogens is 316 g/mol. The third kappa shape index (κ3) is 4.21. The molecule has 1 aromatic carbocycles. The van der Waals surface area contributed by atoms with Crippen LogP contribution in [0.3, 0.4) is 0 Å². The quantitative estimate of drug-likeness (QED) is 0.734. The Bertz CT molecular complexity index is 643. The van der Waals surface area contributed by atoms with Crippen molar-refractivity contribution in [2.24, 2.45) is 0 Å². The van der Waals surface area contributed by atoms with E-state index in [2.05, 4.69) is 17.0 Å². The van der Waals surface area contributed by atoms with Crippen molar-refractivity contribution in [3.63, 3.8) is 0 Å². The zero-order chi connectivity index (χ0) is 18.0. The first-order valence-corrected chi connectivity index (χ1v) is 9.18. The molecule has 0 radical (unpaired) electrons. The first-order chi connectivity index (χ1) is 11.8. The summed E-state index contributed by atoms with van der Waals surface area (Å²) in [5.41, 5.74) is 1.95. The molecule has 5 nitrogen and oxygen atoms in total. The summed E-state index contributed by atoms with van der Waals surface area (Å²) in [6.45, 7) is 8.22. The fraction of sp³-hybridized carbons (Fsp3) is 0.600. The van der Waals surface area contributed by atoms with Crippen LogP contribution in [0.2, 0.25) is 0 Å². The van der Waals surface area contributed by atoms with E-state index in [9.17, 15) is 9.59 Å². The van der Waals surface area contributed by atoms with Gasteiger partial charge >= 0.3 is 6.09 Å². The van der Waals surface area contributed by atoms with Gasteiger partial charge in [0.25, 0.3) is 0 Å². The lowest BCUT2D eigenvalue weighted by molar-refractivity contribution is -0.125. The molecule has 1 fully saturated rings. The summed E-state index contributed by atoms with van der Waals surface area (Å²) in [7, 11) is 0. The summed E-state index contributed by atoms with van der Waals surface area (Å²) in [6, 6.07) is 8.12. The molecule has 3 rings (SSSR count). The zero-order valence-electron chi connectivity index (χ0n) is 15.5. The van der Waals surface area contributed by atoms with Gasteiger partial charge in [-0.25, -0.2) is 4.79 Å². The van der Waals surface area contributed by atoms with E-state index in [1.54, 1.807) is 4.90 Å². The highest BCUT2D eigenvalue weighted by Gasteiger charge is 2.34. The highest BCUT2D eigenvalue weighted by Crippen LogP contribution is 2.31. The lowest BCUT2D eigenvalue weighted by Crippen LogP contribution is -2.51. The van der Waals surface area contributed by atoms with Crippen molar-refractivity contribution in [3.05, 3.63) is 35.4 Å². The number of carbonyl (C=O) groups excluding carboxylic acids is 2. The standard InChI is InChI=1S/C20H28N2O3/c1-20(2,3)25-19(24)22-13-11-21(12-14-22)18-16-9-5-4-7-15(16)8-6-10-17(18)23/h4-5,7,9,18H,6,8,10-14H2,1-3H3. The average molecular weight is 344 g/mol. The van der Waals surface area contributed by atoms with Gasteiger partial charge in [0.15, 0.2) is 5.78 Å². The van der Waals surface area contributed by atoms with Gasteiger partial charge < -0.3 is 9.64 Å². The molecular formula is C20H28N2O3. The molecule has 0 aromatic heterocycles. The summed E-state index contributed by atoms with van der Waals surface area (Å²) in [5.74, 6) is 0.302. The van der Waals surface area contributed by atoms with Crippen LogP contribution in [0.15, 0.2) is 24.3 Å². The number of ether oxygens (including phenoxy) is 1. The van der Waals surface area contributed by atoms with E-state index < -0.39 is 5.60 Å². The van der Waals surface area contributed by atoms with Crippen LogP contribution in [0.1, 0.15) is 50.8 Å². The molecule has 25 heavy (non-hydrogen) atoms. The minimum Gasteiger partial charge on any atom is -0.444 e. The molecule has 1 heterocycles. The number of benzene rings is 1. The molecule has 1 aliphatic carbocycles. The second kappa shape index (κ2) is 7.16. The van der Waals surface area contributed by atoms with Crippen LogP contribution in [-0.2, 0) is 16.0 Å². The van der Waals surface area contributed by atoms with Crippen molar-refractivity contribution in [1.29, 1.82) is 0 Å². The molecule has 5 heteroatoms. The van der Waals surface area contributed by atoms with Gasteiger partial charge in [0, 0.05) is 32.6 Å². The van der Waals surface area contributed by atoms with Crippen molar-refractivity contribution in [2.75, 3.05) is 26.2 Å². The molecule has 0 saturated carbocycles. The van der Waals surface area contributed by atoms with Crippen LogP contribution < -0.4 is 0 Å². The Balaban J connectivity index is 1.70. The van der Waals surface area contributed by atoms with Crippen molar-refractivity contribution < 1.29 is 14.3 Å². The number of amides is 1. The molecule has 0 N–H and O–H groups in total. The van der Waals surface area contributed by atoms with E-state index in [0.29, 0.717) is 38.4 Å². The number of hydrogen-bond acceptors (Lipinski definition) is 4. The molecule has 2 aliphatic rings. The molecule has 1 amide bonds. The van der Waals surface area contributed by atoms with Gasteiger partial charge in [0.1, 0.15) is 5.60 Å². The predicted molar refractivity (Wildman–Crippen MR) is 96.5 cm³/mol. The molecule has 0 spiro atoms. The van der Waals surface area contributed by atoms with Crippen LogP contribution in [-0.4, -0.2) is 53.5 Å². The molecule has 0 bridgehead atoms. The number of ketones is 1. The summed E-state index contributed by atoms with van der Waals surface area (Å²) < 4.78 is 5.46. The van der Waals surface area contributed by atoms with Gasteiger partial charge in [0.05, 0.1) is 6.04 Å². The van der Waals surface area contributed by atoms with E-state index in [-0.39, 0.29) is 12.1 Å². The van der Waals surface area contributed by atoms with E-state index in [1.165, 1.54) is 5.56 Å². The number of Topliss-reactive ketones (excluding diaryl/α,β-unsaturated/α-hetero) is 1. The number of rotatable bonds is 1. The van der Waals surface area contributed by atoms with Crippen LogP contribution in [0.4, 0.5) is 4.79 Å². The van der Waals surface area contributed by atoms with Gasteiger partial charge in [-0.2, -0.15) is 0 Å². The van der Waals surface area contributed by atoms with Gasteiger partial charge in [-0.15, -0.1) is 0 Å². The second-order valence-corrected chi connectivity index (χ2v) is 7.92. The summed E-state index contributed by atoms with van der Waals surface area (Å²) in [6.07, 6.45) is 2.26. The number of piperazine rings is 1. The average Bonchev–Trinajstić information content (AvgIpc) is 2.71. The van der Waals surface area contributed by atoms with E-state index in [1.807, 2.05) is 32.9 Å². The van der Waals surface area contributed by atoms with Gasteiger partial charge in [-0.3, -0.25) is 9.69 Å². The highest BCUT2D eigenvalue weighted by molar-refractivity contribution is 5.86. The highest BCUT2D eigenvalue weighted by atomic mass is 16.6. The molecule has 1 aromatic rings. The van der Waals surface area contributed by atoms with E-state index >= 15 is 0 Å². The number of fused-ring (bicyclic) bond motifs is 1. The number of hydrogen-bond donors (Lipinski definition) is 0. The Morgan fingerprint density at radius 3 is 2.44 bits per heavy atom. The number of carbonyl (C=O) groups is 2. The van der Waals surface area contributed by atoms with E-state index in [4.69, 9.17) is 4.74 Å². The van der Waals surface area contributed by atoms with Crippen molar-refractivity contribution in [1.82, 2.24) is 9.80 Å². The molecule has 136 valence electrons. The third-order valence-electron chi connectivity index (χ3n) is 4.86. The minimum absolute atomic E-state index is 0.167. The minimum atomic E-state index is -0.482. The van der Waals surface area contributed by atoms with Crippen LogP contribution in [0, 0.1) is 0 Å². The zero-order valence-corrected chi connectivity index (χ0v) is 15.5. The van der Waals surface area contributed by atoms with Gasteiger partial charge in [-0.1, -0.05) is 24.3 Å². The second-order valence-electron chi connectivity index (χ2n) is 7.92. The summed E-state index contributed by atoms with van der Waals surface area (Å²) in [5, 5.41) is 0. The van der Waals surface area contributed by atoms with Crippen molar-refractivity contribution >= 4 is 11.9 Å². The van der Waals surface area contributed by atoms with Crippen LogP contribution in [0.25, 0.3) is 0 Å². The Kier molecular flexibility index (Phi) is 5.13. The summed E-state index contributed by atoms with van der Waals surface area (Å²) >= 11 is 0. The Hall–Kier alpha value is -1.88. The first kappa shape index (κ1) is 17.9. The topological polar surface area (TPSA) is 49.9 Å². The number of nitrogens with zero attached hydrogens (tertiary/aromatic N) is 2. The fourth-order valence-corrected chi connectivity index (χ4v) is 3.68. The van der Waals surface area contributed by atoms with Crippen molar-refractivity contribution in [2.45, 2.75) is 51.7 Å². The maximum atomic E-state index is 12.7. The monoisotopic (exact) mass is 344 g/mol. The SMILES string of the molecule is CC(C)(C)OC(=O)N1CCN(C2C(=O)CCCc3ccccc32)CC1. The van der Waals surface area contributed by atoms with Crippen molar-refractivity contribution in [3.8, 4) is 0 Å². The third-order valence-corrected chi connectivity index (χ3v) is 4.86. The molecule has 1 atom stereocenters. The smallest absolute Gasteiger partial charge is 0.410 e. The Morgan fingerprint density at radius 1 is 1.08 bits per heavy atom. The van der Waals surface area contributed by atoms with Crippen LogP contribution in [0.5, 0.6) is 0 Å². The molecule has 1 aliphatic heterocycles. The fourth-order valence-electron chi connectivity index (χ4n) is 3.68. The maximum absolute atomic E-state index is 12.7. The largest absolute Gasteiger partial charge is 0.444 e. The van der Waals surface area contributed by atoms with E-state index in [0.717, 1.165) is 18.4 Å². The Morgan fingerprint density at radius 2 is 1.76 bits per heavy atom. The Labute approximate surface area is 149 Å². The lowest BCUT2D eigenvalue weighted by Gasteiger charge is -2.39. The summed E-state index contributed by atoms with van der Waals surface area (Å²) in [4.78, 5) is 28.9. The predicted octanol–water partition coefficient (Wildman–Crippen LogP) is 3.19. The normalized spacial score (nSPS) is 22.3. The van der Waals surface area contributed by atoms with Crippen LogP contribution >= 0.6 is 0 Å². The number of aryl methyl sites for hydroxylation is 1. The van der Waals surface area contributed by atoms with Gasteiger partial charge in [0.2, 0.25) is 0 Å². The molecule has 1 unspecified atom stereocenters. The lowest BCUT2D eigenvalue weighted by atomic mass is 9.96. The molecule has 1 saturated heterocycles. The first-order valence-electron chi connectivity index (χ1n) is 9.18. The maximum Gasteiger partial charge on any atom is 0.410 e.